The van der Waals surface area contributed by atoms with Gasteiger partial charge in [-0.05, 0) is 37.5 Å². The van der Waals surface area contributed by atoms with Crippen LogP contribution in [0.1, 0.15) is 56.7 Å². The minimum atomic E-state index is -1.70. The maximum absolute atomic E-state index is 13.2. The third kappa shape index (κ3) is 5.01. The second-order valence-corrected chi connectivity index (χ2v) is 9.49. The zero-order chi connectivity index (χ0) is 25.0. The van der Waals surface area contributed by atoms with Crippen molar-refractivity contribution in [2.75, 3.05) is 30.0 Å². The number of anilines is 2. The van der Waals surface area contributed by atoms with Crippen molar-refractivity contribution in [3.8, 4) is 0 Å². The van der Waals surface area contributed by atoms with Gasteiger partial charge in [-0.3, -0.25) is 14.3 Å². The number of rotatable bonds is 8. The van der Waals surface area contributed by atoms with E-state index < -0.39 is 11.5 Å². The van der Waals surface area contributed by atoms with E-state index in [1.165, 1.54) is 4.90 Å². The summed E-state index contributed by atoms with van der Waals surface area (Å²) in [5, 5.41) is 28.8. The van der Waals surface area contributed by atoms with E-state index in [9.17, 15) is 14.7 Å². The number of benzene rings is 1. The van der Waals surface area contributed by atoms with Crippen molar-refractivity contribution in [1.29, 1.82) is 0 Å². The number of aromatic nitrogens is 3. The summed E-state index contributed by atoms with van der Waals surface area (Å²) >= 11 is 0. The Balaban J connectivity index is 1.52. The Bertz CT molecular complexity index is 1100. The molecule has 0 unspecified atom stereocenters. The molecule has 9 heteroatoms. The van der Waals surface area contributed by atoms with Crippen molar-refractivity contribution in [1.82, 2.24) is 15.0 Å². The van der Waals surface area contributed by atoms with E-state index in [2.05, 4.69) is 10.3 Å². The van der Waals surface area contributed by atoms with Crippen LogP contribution in [0.3, 0.4) is 0 Å². The molecule has 1 aromatic heterocycles. The summed E-state index contributed by atoms with van der Waals surface area (Å²) in [6, 6.07) is 5.52. The number of aliphatic hydroxyl groups is 2. The first-order valence-electron chi connectivity index (χ1n) is 12.5. The van der Waals surface area contributed by atoms with Gasteiger partial charge in [-0.25, -0.2) is 0 Å². The molecule has 2 N–H and O–H groups in total. The molecule has 2 aliphatic heterocycles. The molecule has 1 saturated heterocycles. The summed E-state index contributed by atoms with van der Waals surface area (Å²) in [4.78, 5) is 29.3. The number of aliphatic hydroxyl groups excluding tert-OH is 1. The minimum Gasteiger partial charge on any atom is -0.396 e. The largest absolute Gasteiger partial charge is 0.396 e. The summed E-state index contributed by atoms with van der Waals surface area (Å²) in [6.07, 6.45) is 11.3. The van der Waals surface area contributed by atoms with Crippen LogP contribution in [-0.4, -0.2) is 57.2 Å². The molecule has 2 amide bonds. The number of allylic oxidation sites excluding steroid dienone is 1. The number of amides is 2. The van der Waals surface area contributed by atoms with Crippen LogP contribution in [-0.2, 0) is 28.2 Å². The molecule has 3 heterocycles. The van der Waals surface area contributed by atoms with E-state index in [0.717, 1.165) is 37.1 Å². The van der Waals surface area contributed by atoms with Crippen LogP contribution < -0.4 is 9.80 Å². The smallest absolute Gasteiger partial charge is 0.264 e. The number of carbonyl (C=O) groups excluding carboxylic acids is 2. The topological polar surface area (TPSA) is 112 Å². The molecule has 0 spiro atoms. The van der Waals surface area contributed by atoms with E-state index in [0.29, 0.717) is 43.6 Å². The van der Waals surface area contributed by atoms with E-state index >= 15 is 0 Å². The van der Waals surface area contributed by atoms with Crippen LogP contribution in [0, 0.1) is 5.92 Å². The van der Waals surface area contributed by atoms with Crippen LogP contribution in [0.2, 0.25) is 0 Å². The van der Waals surface area contributed by atoms with E-state index in [1.807, 2.05) is 37.3 Å². The number of fused-ring (bicyclic) bond motifs is 1. The molecule has 9 nitrogen and oxygen atoms in total. The van der Waals surface area contributed by atoms with Crippen molar-refractivity contribution in [3.05, 3.63) is 47.8 Å². The number of carbonyl (C=O) groups is 2. The number of likely N-dealkylation sites (N-methyl/N-ethyl adjacent to an activating group) is 1. The summed E-state index contributed by atoms with van der Waals surface area (Å²) < 4.78 is 1.71. The van der Waals surface area contributed by atoms with Crippen LogP contribution >= 0.6 is 0 Å². The monoisotopic (exact) mass is 481 g/mol. The lowest BCUT2D eigenvalue weighted by Gasteiger charge is -2.29. The first kappa shape index (κ1) is 25.1. The fourth-order valence-corrected chi connectivity index (χ4v) is 4.97. The lowest BCUT2D eigenvalue weighted by Crippen LogP contribution is -2.43. The predicted octanol–water partition coefficient (Wildman–Crippen LogP) is 2.56. The molecule has 0 radical (unpaired) electrons. The molecule has 1 fully saturated rings. The quantitative estimate of drug-likeness (QED) is 0.561. The number of aryl methyl sites for hydroxylation is 1. The summed E-state index contributed by atoms with van der Waals surface area (Å²) in [7, 11) is 1.67. The first-order chi connectivity index (χ1) is 16.9. The molecule has 35 heavy (non-hydrogen) atoms. The van der Waals surface area contributed by atoms with Gasteiger partial charge in [0.15, 0.2) is 5.60 Å². The van der Waals surface area contributed by atoms with Gasteiger partial charge in [0.1, 0.15) is 0 Å². The Morgan fingerprint density at radius 3 is 2.80 bits per heavy atom. The van der Waals surface area contributed by atoms with E-state index in [-0.39, 0.29) is 18.4 Å². The number of hydrogen-bond donors (Lipinski definition) is 2. The van der Waals surface area contributed by atoms with Crippen molar-refractivity contribution in [2.45, 2.75) is 64.0 Å². The maximum Gasteiger partial charge on any atom is 0.264 e. The van der Waals surface area contributed by atoms with Crippen molar-refractivity contribution < 1.29 is 19.8 Å². The number of nitrogens with zero attached hydrogens (tertiary/aromatic N) is 5. The van der Waals surface area contributed by atoms with Crippen molar-refractivity contribution in [3.63, 3.8) is 0 Å². The van der Waals surface area contributed by atoms with Gasteiger partial charge < -0.3 is 20.0 Å². The molecular weight excluding hydrogens is 446 g/mol. The highest BCUT2D eigenvalue weighted by Gasteiger charge is 2.51. The average Bonchev–Trinajstić information content (AvgIpc) is 3.36. The van der Waals surface area contributed by atoms with Gasteiger partial charge in [-0.1, -0.05) is 37.1 Å². The Kier molecular flexibility index (Phi) is 7.66. The van der Waals surface area contributed by atoms with Crippen LogP contribution in [0.15, 0.2) is 36.5 Å². The van der Waals surface area contributed by atoms with Gasteiger partial charge in [-0.2, -0.15) is 0 Å². The molecule has 2 aromatic rings. The summed E-state index contributed by atoms with van der Waals surface area (Å²) in [6.45, 7) is 3.12. The average molecular weight is 482 g/mol. The molecule has 2 atom stereocenters. The van der Waals surface area contributed by atoms with Gasteiger partial charge in [0.2, 0.25) is 5.91 Å². The third-order valence-electron chi connectivity index (χ3n) is 7.08. The summed E-state index contributed by atoms with van der Waals surface area (Å²) in [5.41, 5.74) is 0.978. The molecule has 2 aliphatic rings. The molecule has 1 aromatic carbocycles. The van der Waals surface area contributed by atoms with Gasteiger partial charge in [0.25, 0.3) is 5.91 Å². The van der Waals surface area contributed by atoms with Gasteiger partial charge in [0, 0.05) is 63.0 Å². The van der Waals surface area contributed by atoms with Gasteiger partial charge in [0.05, 0.1) is 11.4 Å². The molecule has 0 aliphatic carbocycles. The Hall–Kier alpha value is -3.04. The predicted molar refractivity (Wildman–Crippen MR) is 133 cm³/mol. The van der Waals surface area contributed by atoms with Gasteiger partial charge >= 0.3 is 0 Å². The lowest BCUT2D eigenvalue weighted by atomic mass is 9.82. The zero-order valence-corrected chi connectivity index (χ0v) is 20.6. The maximum atomic E-state index is 13.2. The standard InChI is InChI=1S/C26H35N5O4/c1-19(9-6-8-14-30-18-20(13-16-32)27-28-30)26(35)22-17-21(11-12-23(22)29(2)25(26)34)31-15-7-4-3-5-10-24(31)33/h6,9,11-12,17-19,32,35H,3-5,7-8,10,13-16H2,1-2H3/b9-6+/t19-,26+/m1/s1. The second kappa shape index (κ2) is 10.7. The Morgan fingerprint density at radius 1 is 1.20 bits per heavy atom. The fraction of sp³-hybridized carbons (Fsp3) is 0.538. The highest BCUT2D eigenvalue weighted by Crippen LogP contribution is 2.46. The normalized spacial score (nSPS) is 21.9. The molecular formula is C26H35N5O4. The Labute approximate surface area is 206 Å². The SMILES string of the molecule is C[C@H](/C=C/CCn1cc(CCO)nn1)[C@@]1(O)C(=O)N(C)c2ccc(N3CCCCCCC3=O)cc21. The molecule has 188 valence electrons. The molecule has 0 saturated carbocycles. The molecule has 0 bridgehead atoms. The minimum absolute atomic E-state index is 0.0340. The Morgan fingerprint density at radius 2 is 2.00 bits per heavy atom. The lowest BCUT2D eigenvalue weighted by molar-refractivity contribution is -0.139. The van der Waals surface area contributed by atoms with Crippen molar-refractivity contribution >= 4 is 23.2 Å². The van der Waals surface area contributed by atoms with Crippen LogP contribution in [0.5, 0.6) is 0 Å². The highest BCUT2D eigenvalue weighted by molar-refractivity contribution is 6.07. The molecule has 4 rings (SSSR count). The second-order valence-electron chi connectivity index (χ2n) is 9.49. The fourth-order valence-electron chi connectivity index (χ4n) is 4.97. The summed E-state index contributed by atoms with van der Waals surface area (Å²) in [5.74, 6) is -0.752. The van der Waals surface area contributed by atoms with E-state index in [1.54, 1.807) is 22.8 Å². The number of hydrogen-bond acceptors (Lipinski definition) is 6. The third-order valence-corrected chi connectivity index (χ3v) is 7.08. The zero-order valence-electron chi connectivity index (χ0n) is 20.6. The van der Waals surface area contributed by atoms with E-state index in [4.69, 9.17) is 5.11 Å². The van der Waals surface area contributed by atoms with Crippen molar-refractivity contribution in [2.24, 2.45) is 5.92 Å². The van der Waals surface area contributed by atoms with Gasteiger partial charge in [-0.15, -0.1) is 5.10 Å². The highest BCUT2D eigenvalue weighted by atomic mass is 16.3. The van der Waals surface area contributed by atoms with Crippen LogP contribution in [0.25, 0.3) is 0 Å². The first-order valence-corrected chi connectivity index (χ1v) is 12.5. The van der Waals surface area contributed by atoms with Crippen LogP contribution in [0.4, 0.5) is 11.4 Å².